The van der Waals surface area contributed by atoms with Crippen LogP contribution in [-0.4, -0.2) is 34.2 Å². The Bertz CT molecular complexity index is 898. The fourth-order valence-electron chi connectivity index (χ4n) is 2.37. The highest BCUT2D eigenvalue weighted by Crippen LogP contribution is 2.27. The van der Waals surface area contributed by atoms with E-state index in [2.05, 4.69) is 26.1 Å². The SMILES string of the molecule is CCCN(Cc1nnc(-c2ccco2)o1)C(=O)COc1ccc(Br)cc1Cl. The van der Waals surface area contributed by atoms with Gasteiger partial charge in [-0.05, 0) is 36.8 Å². The number of halogens is 2. The summed E-state index contributed by atoms with van der Waals surface area (Å²) in [6.45, 7) is 2.57. The third-order valence-corrected chi connectivity index (χ3v) is 4.40. The number of ether oxygens (including phenoxy) is 1. The van der Waals surface area contributed by atoms with Crippen molar-refractivity contribution in [3.8, 4) is 17.4 Å². The summed E-state index contributed by atoms with van der Waals surface area (Å²) in [6, 6.07) is 8.67. The summed E-state index contributed by atoms with van der Waals surface area (Å²) in [5, 5.41) is 8.35. The minimum atomic E-state index is -0.200. The number of hydrogen-bond acceptors (Lipinski definition) is 6. The molecular weight excluding hydrogens is 438 g/mol. The molecule has 0 aliphatic rings. The Morgan fingerprint density at radius 2 is 2.19 bits per heavy atom. The lowest BCUT2D eigenvalue weighted by Gasteiger charge is -2.20. The van der Waals surface area contributed by atoms with Crippen molar-refractivity contribution in [3.05, 3.63) is 52.0 Å². The summed E-state index contributed by atoms with van der Waals surface area (Å²) in [6.07, 6.45) is 2.31. The number of carbonyl (C=O) groups excluding carboxylic acids is 1. The van der Waals surface area contributed by atoms with E-state index in [9.17, 15) is 4.79 Å². The molecule has 7 nitrogen and oxygen atoms in total. The third-order valence-electron chi connectivity index (χ3n) is 3.62. The van der Waals surface area contributed by atoms with Gasteiger partial charge < -0.3 is 18.5 Å². The van der Waals surface area contributed by atoms with Crippen LogP contribution in [0.25, 0.3) is 11.7 Å². The molecule has 0 atom stereocenters. The van der Waals surface area contributed by atoms with Crippen LogP contribution in [0.15, 0.2) is 49.9 Å². The van der Waals surface area contributed by atoms with E-state index >= 15 is 0 Å². The van der Waals surface area contributed by atoms with E-state index in [4.69, 9.17) is 25.2 Å². The molecular formula is C18H17BrClN3O4. The molecule has 1 aromatic carbocycles. The molecule has 0 saturated carbocycles. The van der Waals surface area contributed by atoms with Crippen molar-refractivity contribution in [2.24, 2.45) is 0 Å². The molecule has 0 fully saturated rings. The molecule has 0 radical (unpaired) electrons. The molecule has 0 spiro atoms. The summed E-state index contributed by atoms with van der Waals surface area (Å²) in [5.41, 5.74) is 0. The third kappa shape index (κ3) is 5.11. The first kappa shape index (κ1) is 19.4. The van der Waals surface area contributed by atoms with E-state index in [0.29, 0.717) is 29.0 Å². The number of amides is 1. The standard InChI is InChI=1S/C18H17BrClN3O4/c1-2-7-23(10-16-21-22-18(27-16)15-4-3-8-25-15)17(24)11-26-14-6-5-12(19)9-13(14)20/h3-6,8-9H,2,7,10-11H2,1H3. The van der Waals surface area contributed by atoms with Crippen molar-refractivity contribution in [2.75, 3.05) is 13.2 Å². The van der Waals surface area contributed by atoms with E-state index in [1.165, 1.54) is 6.26 Å². The molecule has 0 unspecified atom stereocenters. The lowest BCUT2D eigenvalue weighted by Crippen LogP contribution is -2.35. The predicted molar refractivity (Wildman–Crippen MR) is 102 cm³/mol. The highest BCUT2D eigenvalue weighted by atomic mass is 79.9. The van der Waals surface area contributed by atoms with Gasteiger partial charge in [0.2, 0.25) is 5.89 Å². The predicted octanol–water partition coefficient (Wildman–Crippen LogP) is 4.56. The van der Waals surface area contributed by atoms with Gasteiger partial charge in [-0.25, -0.2) is 0 Å². The van der Waals surface area contributed by atoms with E-state index in [1.54, 1.807) is 35.2 Å². The number of aromatic nitrogens is 2. The molecule has 9 heteroatoms. The molecule has 142 valence electrons. The number of benzene rings is 1. The lowest BCUT2D eigenvalue weighted by atomic mass is 10.3. The molecule has 0 saturated heterocycles. The summed E-state index contributed by atoms with van der Waals surface area (Å²) in [4.78, 5) is 14.2. The van der Waals surface area contributed by atoms with Crippen molar-refractivity contribution in [3.63, 3.8) is 0 Å². The van der Waals surface area contributed by atoms with Gasteiger partial charge in [0.15, 0.2) is 12.4 Å². The molecule has 1 amide bonds. The van der Waals surface area contributed by atoms with Gasteiger partial charge in [0, 0.05) is 11.0 Å². The van der Waals surface area contributed by atoms with Crippen LogP contribution < -0.4 is 4.74 Å². The fraction of sp³-hybridized carbons (Fsp3) is 0.278. The first-order chi connectivity index (χ1) is 13.1. The first-order valence-electron chi connectivity index (χ1n) is 8.28. The average Bonchev–Trinajstić information content (AvgIpc) is 3.32. The highest BCUT2D eigenvalue weighted by Gasteiger charge is 2.19. The maximum atomic E-state index is 12.6. The molecule has 3 aromatic rings. The maximum Gasteiger partial charge on any atom is 0.283 e. The molecule has 2 heterocycles. The molecule has 0 aliphatic carbocycles. The zero-order valence-electron chi connectivity index (χ0n) is 14.5. The number of hydrogen-bond donors (Lipinski definition) is 0. The summed E-state index contributed by atoms with van der Waals surface area (Å²) >= 11 is 9.44. The number of carbonyl (C=O) groups is 1. The lowest BCUT2D eigenvalue weighted by molar-refractivity contribution is -0.134. The maximum absolute atomic E-state index is 12.6. The summed E-state index contributed by atoms with van der Waals surface area (Å²) in [7, 11) is 0. The highest BCUT2D eigenvalue weighted by molar-refractivity contribution is 9.10. The second-order valence-electron chi connectivity index (χ2n) is 5.66. The molecule has 2 aromatic heterocycles. The van der Waals surface area contributed by atoms with Gasteiger partial charge >= 0.3 is 0 Å². The van der Waals surface area contributed by atoms with Crippen LogP contribution in [0.5, 0.6) is 5.75 Å². The number of rotatable bonds is 8. The Morgan fingerprint density at radius 1 is 1.33 bits per heavy atom. The summed E-state index contributed by atoms with van der Waals surface area (Å²) in [5.74, 6) is 1.33. The first-order valence-corrected chi connectivity index (χ1v) is 9.45. The topological polar surface area (TPSA) is 81.6 Å². The summed E-state index contributed by atoms with van der Waals surface area (Å²) < 4.78 is 17.2. The van der Waals surface area contributed by atoms with Gasteiger partial charge in [-0.3, -0.25) is 4.79 Å². The molecule has 27 heavy (non-hydrogen) atoms. The van der Waals surface area contributed by atoms with Gasteiger partial charge in [-0.15, -0.1) is 10.2 Å². The minimum absolute atomic E-state index is 0.138. The van der Waals surface area contributed by atoms with Crippen molar-refractivity contribution in [2.45, 2.75) is 19.9 Å². The van der Waals surface area contributed by atoms with Gasteiger partial charge in [0.1, 0.15) is 5.75 Å². The van der Waals surface area contributed by atoms with Crippen LogP contribution in [0.4, 0.5) is 0 Å². The van der Waals surface area contributed by atoms with Crippen molar-refractivity contribution >= 4 is 33.4 Å². The quantitative estimate of drug-likeness (QED) is 0.496. The smallest absolute Gasteiger partial charge is 0.283 e. The minimum Gasteiger partial charge on any atom is -0.482 e. The van der Waals surface area contributed by atoms with Gasteiger partial charge in [-0.1, -0.05) is 34.5 Å². The van der Waals surface area contributed by atoms with E-state index < -0.39 is 0 Å². The van der Waals surface area contributed by atoms with Crippen LogP contribution in [0, 0.1) is 0 Å². The number of nitrogens with zero attached hydrogens (tertiary/aromatic N) is 3. The van der Waals surface area contributed by atoms with Crippen LogP contribution in [0.3, 0.4) is 0 Å². The van der Waals surface area contributed by atoms with Gasteiger partial charge in [0.05, 0.1) is 17.8 Å². The number of furan rings is 1. The Hall–Kier alpha value is -2.32. The van der Waals surface area contributed by atoms with E-state index in [-0.39, 0.29) is 24.9 Å². The monoisotopic (exact) mass is 453 g/mol. The van der Waals surface area contributed by atoms with E-state index in [1.807, 2.05) is 6.92 Å². The van der Waals surface area contributed by atoms with Crippen molar-refractivity contribution < 1.29 is 18.4 Å². The van der Waals surface area contributed by atoms with Crippen LogP contribution in [0.1, 0.15) is 19.2 Å². The molecule has 3 rings (SSSR count). The van der Waals surface area contributed by atoms with Crippen LogP contribution in [-0.2, 0) is 11.3 Å². The molecule has 0 bridgehead atoms. The molecule has 0 aliphatic heterocycles. The van der Waals surface area contributed by atoms with Crippen LogP contribution >= 0.6 is 27.5 Å². The Balaban J connectivity index is 1.63. The second-order valence-corrected chi connectivity index (χ2v) is 6.98. The average molecular weight is 455 g/mol. The Morgan fingerprint density at radius 3 is 2.89 bits per heavy atom. The second kappa shape index (κ2) is 9.05. The normalized spacial score (nSPS) is 10.8. The van der Waals surface area contributed by atoms with Crippen LogP contribution in [0.2, 0.25) is 5.02 Å². The molecule has 0 N–H and O–H groups in total. The van der Waals surface area contributed by atoms with Gasteiger partial charge in [-0.2, -0.15) is 0 Å². The van der Waals surface area contributed by atoms with Gasteiger partial charge in [0.25, 0.3) is 11.8 Å². The van der Waals surface area contributed by atoms with E-state index in [0.717, 1.165) is 10.9 Å². The Labute approximate surface area is 169 Å². The fourth-order valence-corrected chi connectivity index (χ4v) is 3.09. The largest absolute Gasteiger partial charge is 0.482 e. The Kier molecular flexibility index (Phi) is 6.52. The zero-order valence-corrected chi connectivity index (χ0v) is 16.9. The van der Waals surface area contributed by atoms with Crippen molar-refractivity contribution in [1.29, 1.82) is 0 Å². The zero-order chi connectivity index (χ0) is 19.2. The van der Waals surface area contributed by atoms with Crippen molar-refractivity contribution in [1.82, 2.24) is 15.1 Å².